The van der Waals surface area contributed by atoms with Crippen LogP contribution in [0.25, 0.3) is 11.1 Å². The number of aromatic nitrogens is 1. The zero-order valence-corrected chi connectivity index (χ0v) is 11.6. The molecule has 3 rings (SSSR count). The van der Waals surface area contributed by atoms with E-state index >= 15 is 0 Å². The highest BCUT2D eigenvalue weighted by atomic mass is 16.4. The van der Waals surface area contributed by atoms with E-state index < -0.39 is 0 Å². The van der Waals surface area contributed by atoms with Gasteiger partial charge in [-0.15, -0.1) is 0 Å². The number of fused-ring (bicyclic) bond motifs is 1. The molecule has 5 heteroatoms. The number of carbonyl (C=O) groups is 1. The third-order valence-corrected chi connectivity index (χ3v) is 3.91. The molecule has 0 bridgehead atoms. The van der Waals surface area contributed by atoms with E-state index in [1.807, 2.05) is 0 Å². The van der Waals surface area contributed by atoms with Gasteiger partial charge in [-0.3, -0.25) is 9.36 Å². The summed E-state index contributed by atoms with van der Waals surface area (Å²) in [4.78, 5) is 25.6. The zero-order chi connectivity index (χ0) is 14.1. The van der Waals surface area contributed by atoms with E-state index in [2.05, 4.69) is 4.90 Å². The van der Waals surface area contributed by atoms with Crippen LogP contribution in [-0.4, -0.2) is 34.9 Å². The molecular formula is C15H18N2O3. The molecule has 106 valence electrons. The number of oxazole rings is 1. The van der Waals surface area contributed by atoms with Crippen LogP contribution in [0.2, 0.25) is 0 Å². The van der Waals surface area contributed by atoms with Crippen molar-refractivity contribution in [3.8, 4) is 0 Å². The van der Waals surface area contributed by atoms with Crippen molar-refractivity contribution in [2.75, 3.05) is 19.6 Å². The van der Waals surface area contributed by atoms with Crippen molar-refractivity contribution in [3.05, 3.63) is 34.3 Å². The summed E-state index contributed by atoms with van der Waals surface area (Å²) in [6.07, 6.45) is 2.48. The zero-order valence-electron chi connectivity index (χ0n) is 11.6. The van der Waals surface area contributed by atoms with Crippen molar-refractivity contribution >= 4 is 16.9 Å². The molecule has 1 aliphatic rings. The lowest BCUT2D eigenvalue weighted by Crippen LogP contribution is -2.27. The lowest BCUT2D eigenvalue weighted by molar-refractivity contribution is 0.101. The standard InChI is InChI=1S/C15H18N2O3/c1-11(18)12-4-5-13-14(10-12)20-15(19)17(13)9-8-16-6-2-3-7-16/h4-5,10H,2-3,6-9H2,1H3. The molecule has 0 amide bonds. The lowest BCUT2D eigenvalue weighted by Gasteiger charge is -2.14. The Morgan fingerprint density at radius 2 is 2.00 bits per heavy atom. The number of rotatable bonds is 4. The Labute approximate surface area is 116 Å². The van der Waals surface area contributed by atoms with Gasteiger partial charge in [0.2, 0.25) is 0 Å². The molecular weight excluding hydrogens is 256 g/mol. The second-order valence-electron chi connectivity index (χ2n) is 5.31. The Balaban J connectivity index is 1.88. The van der Waals surface area contributed by atoms with E-state index in [0.29, 0.717) is 17.7 Å². The van der Waals surface area contributed by atoms with Gasteiger partial charge in [-0.05, 0) is 51.1 Å². The first-order valence-electron chi connectivity index (χ1n) is 7.02. The van der Waals surface area contributed by atoms with Crippen molar-refractivity contribution in [1.29, 1.82) is 0 Å². The maximum Gasteiger partial charge on any atom is 0.419 e. The molecule has 0 spiro atoms. The minimum Gasteiger partial charge on any atom is -0.408 e. The third-order valence-electron chi connectivity index (χ3n) is 3.91. The summed E-state index contributed by atoms with van der Waals surface area (Å²) in [5.74, 6) is -0.376. The van der Waals surface area contributed by atoms with Crippen LogP contribution in [0.1, 0.15) is 30.1 Å². The van der Waals surface area contributed by atoms with E-state index in [9.17, 15) is 9.59 Å². The number of carbonyl (C=O) groups excluding carboxylic acids is 1. The molecule has 1 aromatic carbocycles. The monoisotopic (exact) mass is 274 g/mol. The molecule has 2 heterocycles. The molecule has 0 unspecified atom stereocenters. The van der Waals surface area contributed by atoms with Gasteiger partial charge in [-0.1, -0.05) is 0 Å². The van der Waals surface area contributed by atoms with Crippen molar-refractivity contribution < 1.29 is 9.21 Å². The Hall–Kier alpha value is -1.88. The quantitative estimate of drug-likeness (QED) is 0.799. The molecule has 20 heavy (non-hydrogen) atoms. The van der Waals surface area contributed by atoms with Gasteiger partial charge in [0.05, 0.1) is 5.52 Å². The molecule has 0 aliphatic carbocycles. The van der Waals surface area contributed by atoms with E-state index in [1.54, 1.807) is 22.8 Å². The van der Waals surface area contributed by atoms with Crippen LogP contribution >= 0.6 is 0 Å². The van der Waals surface area contributed by atoms with Gasteiger partial charge in [-0.25, -0.2) is 4.79 Å². The van der Waals surface area contributed by atoms with Gasteiger partial charge in [-0.2, -0.15) is 0 Å². The molecule has 0 radical (unpaired) electrons. The van der Waals surface area contributed by atoms with Gasteiger partial charge in [0.1, 0.15) is 0 Å². The number of likely N-dealkylation sites (tertiary alicyclic amines) is 1. The predicted molar refractivity (Wildman–Crippen MR) is 76.2 cm³/mol. The minimum atomic E-state index is -0.347. The maximum absolute atomic E-state index is 11.9. The second kappa shape index (κ2) is 5.25. The summed E-state index contributed by atoms with van der Waals surface area (Å²) in [6.45, 7) is 5.22. The minimum absolute atomic E-state index is 0.0284. The summed E-state index contributed by atoms with van der Waals surface area (Å²) >= 11 is 0. The predicted octanol–water partition coefficient (Wildman–Crippen LogP) is 1.89. The van der Waals surface area contributed by atoms with Crippen molar-refractivity contribution in [2.45, 2.75) is 26.3 Å². The van der Waals surface area contributed by atoms with Gasteiger partial charge >= 0.3 is 5.76 Å². The van der Waals surface area contributed by atoms with Gasteiger partial charge in [0.25, 0.3) is 0 Å². The average molecular weight is 274 g/mol. The molecule has 1 aliphatic heterocycles. The van der Waals surface area contributed by atoms with Crippen LogP contribution in [-0.2, 0) is 6.54 Å². The molecule has 1 aromatic heterocycles. The first kappa shape index (κ1) is 13.1. The van der Waals surface area contributed by atoms with E-state index in [1.165, 1.54) is 19.8 Å². The normalized spacial score (nSPS) is 16.1. The first-order valence-corrected chi connectivity index (χ1v) is 7.02. The summed E-state index contributed by atoms with van der Waals surface area (Å²) < 4.78 is 6.89. The third kappa shape index (κ3) is 2.41. The van der Waals surface area contributed by atoms with Crippen LogP contribution in [0.5, 0.6) is 0 Å². The summed E-state index contributed by atoms with van der Waals surface area (Å²) in [7, 11) is 0. The van der Waals surface area contributed by atoms with Crippen LogP contribution in [0.4, 0.5) is 0 Å². The number of hydrogen-bond acceptors (Lipinski definition) is 4. The summed E-state index contributed by atoms with van der Waals surface area (Å²) in [5.41, 5.74) is 1.82. The Morgan fingerprint density at radius 3 is 2.70 bits per heavy atom. The molecule has 0 saturated carbocycles. The fourth-order valence-corrected chi connectivity index (χ4v) is 2.74. The fourth-order valence-electron chi connectivity index (χ4n) is 2.74. The van der Waals surface area contributed by atoms with Crippen molar-refractivity contribution in [2.24, 2.45) is 0 Å². The molecule has 0 atom stereocenters. The van der Waals surface area contributed by atoms with E-state index in [4.69, 9.17) is 4.42 Å². The Morgan fingerprint density at radius 1 is 1.25 bits per heavy atom. The number of nitrogens with zero attached hydrogens (tertiary/aromatic N) is 2. The Kier molecular flexibility index (Phi) is 3.44. The number of hydrogen-bond donors (Lipinski definition) is 0. The second-order valence-corrected chi connectivity index (χ2v) is 5.31. The van der Waals surface area contributed by atoms with Crippen molar-refractivity contribution in [1.82, 2.24) is 9.47 Å². The summed E-state index contributed by atoms with van der Waals surface area (Å²) in [6, 6.07) is 5.18. The smallest absolute Gasteiger partial charge is 0.408 e. The maximum atomic E-state index is 11.9. The fraction of sp³-hybridized carbons (Fsp3) is 0.467. The highest BCUT2D eigenvalue weighted by molar-refractivity contribution is 5.96. The SMILES string of the molecule is CC(=O)c1ccc2c(c1)oc(=O)n2CCN1CCCC1. The van der Waals surface area contributed by atoms with E-state index in [0.717, 1.165) is 25.2 Å². The highest BCUT2D eigenvalue weighted by Gasteiger charge is 2.14. The highest BCUT2D eigenvalue weighted by Crippen LogP contribution is 2.16. The molecule has 1 fully saturated rings. The van der Waals surface area contributed by atoms with Gasteiger partial charge < -0.3 is 9.32 Å². The van der Waals surface area contributed by atoms with Crippen LogP contribution < -0.4 is 5.76 Å². The molecule has 1 saturated heterocycles. The Bertz CT molecular complexity index is 693. The first-order chi connectivity index (χ1) is 9.65. The lowest BCUT2D eigenvalue weighted by atomic mass is 10.1. The number of Topliss-reactive ketones (excluding diaryl/α,β-unsaturated/α-hetero) is 1. The molecule has 0 N–H and O–H groups in total. The largest absolute Gasteiger partial charge is 0.419 e. The van der Waals surface area contributed by atoms with Gasteiger partial charge in [0, 0.05) is 18.7 Å². The number of benzene rings is 1. The number of ketones is 1. The topological polar surface area (TPSA) is 55.5 Å². The van der Waals surface area contributed by atoms with Crippen LogP contribution in [0.3, 0.4) is 0 Å². The van der Waals surface area contributed by atoms with Crippen LogP contribution in [0, 0.1) is 0 Å². The van der Waals surface area contributed by atoms with E-state index in [-0.39, 0.29) is 11.5 Å². The van der Waals surface area contributed by atoms with Crippen molar-refractivity contribution in [3.63, 3.8) is 0 Å². The molecule has 2 aromatic rings. The molecule has 5 nitrogen and oxygen atoms in total. The summed E-state index contributed by atoms with van der Waals surface area (Å²) in [5, 5.41) is 0. The average Bonchev–Trinajstić information content (AvgIpc) is 3.02. The van der Waals surface area contributed by atoms with Gasteiger partial charge in [0.15, 0.2) is 11.4 Å². The van der Waals surface area contributed by atoms with Crippen LogP contribution in [0.15, 0.2) is 27.4 Å².